The van der Waals surface area contributed by atoms with E-state index in [4.69, 9.17) is 32.4 Å². The Kier molecular flexibility index (Phi) is 7.04. The van der Waals surface area contributed by atoms with Gasteiger partial charge in [-0.05, 0) is 53.6 Å². The summed E-state index contributed by atoms with van der Waals surface area (Å²) in [5.74, 6) is -0.855. The van der Waals surface area contributed by atoms with Gasteiger partial charge in [0.15, 0.2) is 0 Å². The number of ether oxygens (including phenoxy) is 1. The summed E-state index contributed by atoms with van der Waals surface area (Å²) >= 11 is 12.2. The molecular formula is C29H21Cl2NO5. The summed E-state index contributed by atoms with van der Waals surface area (Å²) in [6, 6.07) is 23.9. The highest BCUT2D eigenvalue weighted by molar-refractivity contribution is 6.46. The number of benzene rings is 3. The minimum atomic E-state index is -0.889. The number of carbonyl (C=O) groups excluding carboxylic acids is 2. The van der Waals surface area contributed by atoms with Crippen LogP contribution >= 0.6 is 23.2 Å². The molecule has 2 heterocycles. The van der Waals surface area contributed by atoms with E-state index in [0.29, 0.717) is 28.7 Å². The van der Waals surface area contributed by atoms with Crippen molar-refractivity contribution in [2.75, 3.05) is 0 Å². The number of hydrogen-bond acceptors (Lipinski definition) is 5. The number of hydrogen-bond donors (Lipinski definition) is 1. The van der Waals surface area contributed by atoms with Gasteiger partial charge in [0.1, 0.15) is 23.9 Å². The predicted octanol–water partition coefficient (Wildman–Crippen LogP) is 6.79. The molecule has 1 fully saturated rings. The molecule has 1 aliphatic heterocycles. The molecule has 1 unspecified atom stereocenters. The van der Waals surface area contributed by atoms with Crippen molar-refractivity contribution in [1.82, 2.24) is 4.90 Å². The van der Waals surface area contributed by atoms with Gasteiger partial charge in [0.25, 0.3) is 11.7 Å². The molecule has 5 rings (SSSR count). The van der Waals surface area contributed by atoms with Gasteiger partial charge < -0.3 is 19.2 Å². The van der Waals surface area contributed by atoms with Gasteiger partial charge in [-0.3, -0.25) is 9.59 Å². The van der Waals surface area contributed by atoms with E-state index < -0.39 is 17.7 Å². The van der Waals surface area contributed by atoms with Gasteiger partial charge in [-0.15, -0.1) is 0 Å². The molecule has 4 aromatic rings. The van der Waals surface area contributed by atoms with Crippen LogP contribution in [0.1, 0.15) is 28.5 Å². The number of ketones is 1. The number of amides is 1. The second-order valence-electron chi connectivity index (χ2n) is 8.48. The first-order chi connectivity index (χ1) is 17.9. The summed E-state index contributed by atoms with van der Waals surface area (Å²) in [5, 5.41) is 11.8. The normalized spacial score (nSPS) is 16.8. The second kappa shape index (κ2) is 10.5. The molecule has 0 bridgehead atoms. The van der Waals surface area contributed by atoms with Crippen LogP contribution < -0.4 is 4.74 Å². The molecular weight excluding hydrogens is 513 g/mol. The zero-order chi connectivity index (χ0) is 25.9. The number of nitrogens with zero attached hydrogens (tertiary/aromatic N) is 1. The van der Waals surface area contributed by atoms with Crippen molar-refractivity contribution in [1.29, 1.82) is 0 Å². The van der Waals surface area contributed by atoms with E-state index in [1.807, 2.05) is 30.3 Å². The number of carbonyl (C=O) groups is 2. The minimum absolute atomic E-state index is 0.0372. The third-order valence-electron chi connectivity index (χ3n) is 6.06. The molecule has 1 N–H and O–H groups in total. The highest BCUT2D eigenvalue weighted by atomic mass is 35.5. The van der Waals surface area contributed by atoms with Crippen LogP contribution in [0.3, 0.4) is 0 Å². The largest absolute Gasteiger partial charge is 0.507 e. The number of Topliss-reactive ketones (excluding diaryl/α,β-unsaturated/α-hetero) is 1. The van der Waals surface area contributed by atoms with Gasteiger partial charge in [-0.2, -0.15) is 0 Å². The number of furan rings is 1. The summed E-state index contributed by atoms with van der Waals surface area (Å²) in [5.41, 5.74) is 1.80. The molecule has 1 aliphatic rings. The molecule has 186 valence electrons. The first-order valence-corrected chi connectivity index (χ1v) is 12.2. The fraction of sp³-hybridized carbons (Fsp3) is 0.103. The van der Waals surface area contributed by atoms with Gasteiger partial charge in [0.2, 0.25) is 0 Å². The Labute approximate surface area is 223 Å². The lowest BCUT2D eigenvalue weighted by Gasteiger charge is -2.25. The smallest absolute Gasteiger partial charge is 0.296 e. The van der Waals surface area contributed by atoms with Crippen LogP contribution in [0.4, 0.5) is 0 Å². The zero-order valence-electron chi connectivity index (χ0n) is 19.4. The lowest BCUT2D eigenvalue weighted by atomic mass is 9.95. The predicted molar refractivity (Wildman–Crippen MR) is 140 cm³/mol. The van der Waals surface area contributed by atoms with Crippen molar-refractivity contribution >= 4 is 40.7 Å². The van der Waals surface area contributed by atoms with Crippen LogP contribution in [0, 0.1) is 0 Å². The standard InChI is InChI=1S/C29H21Cl2NO5/c30-23-12-11-20(15-24(23)31)27(33)25-26(32(29(35)28(25)34)16-22-10-5-13-36-22)19-8-4-9-21(14-19)37-17-18-6-2-1-3-7-18/h1-15,26,33H,16-17H2/b27-25-. The van der Waals surface area contributed by atoms with E-state index in [1.165, 1.54) is 23.3 Å². The molecule has 0 aliphatic carbocycles. The lowest BCUT2D eigenvalue weighted by Crippen LogP contribution is -2.29. The van der Waals surface area contributed by atoms with Gasteiger partial charge in [-0.25, -0.2) is 0 Å². The fourth-order valence-corrected chi connectivity index (χ4v) is 4.57. The number of rotatable bonds is 7. The quantitative estimate of drug-likeness (QED) is 0.161. The molecule has 1 aromatic heterocycles. The molecule has 0 saturated carbocycles. The Morgan fingerprint density at radius 3 is 2.46 bits per heavy atom. The van der Waals surface area contributed by atoms with Gasteiger partial charge in [-0.1, -0.05) is 65.7 Å². The van der Waals surface area contributed by atoms with E-state index in [9.17, 15) is 14.7 Å². The third kappa shape index (κ3) is 5.12. The SMILES string of the molecule is O=C1C(=O)N(Cc2ccco2)C(c2cccc(OCc3ccccc3)c2)/C1=C(/O)c1ccc(Cl)c(Cl)c1. The Morgan fingerprint density at radius 1 is 0.919 bits per heavy atom. The first kappa shape index (κ1) is 24.7. The molecule has 37 heavy (non-hydrogen) atoms. The number of halogens is 2. The van der Waals surface area contributed by atoms with Crippen LogP contribution in [0.25, 0.3) is 5.76 Å². The van der Waals surface area contributed by atoms with Gasteiger partial charge in [0, 0.05) is 5.56 Å². The molecule has 3 aromatic carbocycles. The summed E-state index contributed by atoms with van der Waals surface area (Å²) in [4.78, 5) is 27.8. The first-order valence-electron chi connectivity index (χ1n) is 11.5. The molecule has 0 radical (unpaired) electrons. The van der Waals surface area contributed by atoms with Crippen LogP contribution in [-0.2, 0) is 22.7 Å². The van der Waals surface area contributed by atoms with Crippen LogP contribution in [-0.4, -0.2) is 21.7 Å². The summed E-state index contributed by atoms with van der Waals surface area (Å²) in [6.07, 6.45) is 1.49. The van der Waals surface area contributed by atoms with E-state index in [-0.39, 0.29) is 28.5 Å². The van der Waals surface area contributed by atoms with Crippen molar-refractivity contribution in [3.63, 3.8) is 0 Å². The van der Waals surface area contributed by atoms with Crippen LogP contribution in [0.5, 0.6) is 5.75 Å². The Hall–Kier alpha value is -4.00. The number of likely N-dealkylation sites (tertiary alicyclic amines) is 1. The van der Waals surface area contributed by atoms with Crippen LogP contribution in [0.2, 0.25) is 10.0 Å². The Balaban J connectivity index is 1.57. The maximum atomic E-state index is 13.3. The maximum Gasteiger partial charge on any atom is 0.296 e. The van der Waals surface area contributed by atoms with Gasteiger partial charge in [0.05, 0.1) is 34.5 Å². The molecule has 1 amide bonds. The van der Waals surface area contributed by atoms with Crippen molar-refractivity contribution in [2.45, 2.75) is 19.2 Å². The molecule has 1 saturated heterocycles. The second-order valence-corrected chi connectivity index (χ2v) is 9.30. The van der Waals surface area contributed by atoms with Crippen molar-refractivity contribution in [2.24, 2.45) is 0 Å². The zero-order valence-corrected chi connectivity index (χ0v) is 20.9. The summed E-state index contributed by atoms with van der Waals surface area (Å²) < 4.78 is 11.4. The molecule has 0 spiro atoms. The fourth-order valence-electron chi connectivity index (χ4n) is 4.27. The monoisotopic (exact) mass is 533 g/mol. The Bertz CT molecular complexity index is 1480. The third-order valence-corrected chi connectivity index (χ3v) is 6.80. The molecule has 8 heteroatoms. The van der Waals surface area contributed by atoms with Crippen LogP contribution in [0.15, 0.2) is 101 Å². The van der Waals surface area contributed by atoms with Crippen molar-refractivity contribution in [3.05, 3.63) is 129 Å². The van der Waals surface area contributed by atoms with E-state index >= 15 is 0 Å². The highest BCUT2D eigenvalue weighted by Crippen LogP contribution is 2.41. The molecule has 6 nitrogen and oxygen atoms in total. The maximum absolute atomic E-state index is 13.3. The van der Waals surface area contributed by atoms with E-state index in [1.54, 1.807) is 42.5 Å². The minimum Gasteiger partial charge on any atom is -0.507 e. The number of aliphatic hydroxyl groups is 1. The van der Waals surface area contributed by atoms with Crippen molar-refractivity contribution < 1.29 is 23.8 Å². The number of aliphatic hydroxyl groups excluding tert-OH is 1. The summed E-state index contributed by atoms with van der Waals surface area (Å²) in [7, 11) is 0. The molecule has 1 atom stereocenters. The average molecular weight is 534 g/mol. The Morgan fingerprint density at radius 2 is 1.73 bits per heavy atom. The topological polar surface area (TPSA) is 80.0 Å². The average Bonchev–Trinajstić information content (AvgIpc) is 3.52. The van der Waals surface area contributed by atoms with E-state index in [0.717, 1.165) is 5.56 Å². The lowest BCUT2D eigenvalue weighted by molar-refractivity contribution is -0.140. The van der Waals surface area contributed by atoms with E-state index in [2.05, 4.69) is 0 Å². The van der Waals surface area contributed by atoms with Gasteiger partial charge >= 0.3 is 0 Å². The van der Waals surface area contributed by atoms with Crippen molar-refractivity contribution in [3.8, 4) is 5.75 Å². The highest BCUT2D eigenvalue weighted by Gasteiger charge is 2.46. The summed E-state index contributed by atoms with van der Waals surface area (Å²) in [6.45, 7) is 0.385.